The lowest BCUT2D eigenvalue weighted by atomic mass is 9.94. The van der Waals surface area contributed by atoms with Crippen molar-refractivity contribution in [1.82, 2.24) is 30.3 Å². The summed E-state index contributed by atoms with van der Waals surface area (Å²) in [6.45, 7) is 5.33. The SMILES string of the molecule is COC(=O)C(C)(C)CNCc1cnc2cc(-c3cccc(-c4cccc(-c5ccc(CNC[C@H]6CCC(=O)N6)c(OC)n5)c4Cl)c3Cl)ccn2c1=O. The molecule has 3 aromatic heterocycles. The van der Waals surface area contributed by atoms with Gasteiger partial charge >= 0.3 is 5.97 Å². The fraction of sp³-hybridized carbons (Fsp3) is 0.308. The lowest BCUT2D eigenvalue weighted by Gasteiger charge is -2.21. The smallest absolute Gasteiger partial charge is 0.312 e. The number of pyridine rings is 2. The summed E-state index contributed by atoms with van der Waals surface area (Å²) in [7, 11) is 2.94. The van der Waals surface area contributed by atoms with E-state index in [-0.39, 0.29) is 30.0 Å². The number of carbonyl (C=O) groups is 2. The molecule has 1 amide bonds. The first-order valence-electron chi connectivity index (χ1n) is 16.9. The molecule has 52 heavy (non-hydrogen) atoms. The van der Waals surface area contributed by atoms with Crippen molar-refractivity contribution in [1.29, 1.82) is 0 Å². The molecule has 270 valence electrons. The van der Waals surface area contributed by atoms with Gasteiger partial charge in [-0.2, -0.15) is 0 Å². The van der Waals surface area contributed by atoms with Crippen molar-refractivity contribution in [2.45, 2.75) is 45.8 Å². The number of hydrogen-bond donors (Lipinski definition) is 3. The summed E-state index contributed by atoms with van der Waals surface area (Å²) in [4.78, 5) is 46.2. The normalized spacial score (nSPS) is 14.4. The zero-order valence-electron chi connectivity index (χ0n) is 29.4. The molecule has 6 rings (SSSR count). The second-order valence-corrected chi connectivity index (χ2v) is 14.1. The van der Waals surface area contributed by atoms with Gasteiger partial charge in [-0.25, -0.2) is 9.97 Å². The van der Waals surface area contributed by atoms with Gasteiger partial charge in [-0.15, -0.1) is 0 Å². The molecule has 0 bridgehead atoms. The summed E-state index contributed by atoms with van der Waals surface area (Å²) in [6.07, 6.45) is 4.62. The monoisotopic (exact) mass is 742 g/mol. The van der Waals surface area contributed by atoms with Crippen LogP contribution in [-0.4, -0.2) is 59.6 Å². The number of methoxy groups -OCH3 is 2. The topological polar surface area (TPSA) is 136 Å². The fourth-order valence-electron chi connectivity index (χ4n) is 6.30. The van der Waals surface area contributed by atoms with Crippen molar-refractivity contribution >= 4 is 40.7 Å². The Bertz CT molecular complexity index is 2200. The molecule has 1 aliphatic rings. The highest BCUT2D eigenvalue weighted by Crippen LogP contribution is 2.42. The van der Waals surface area contributed by atoms with E-state index in [2.05, 4.69) is 20.9 Å². The Morgan fingerprint density at radius 3 is 2.33 bits per heavy atom. The number of amides is 1. The van der Waals surface area contributed by atoms with Crippen LogP contribution in [0.5, 0.6) is 5.88 Å². The Hall–Kier alpha value is -4.81. The summed E-state index contributed by atoms with van der Waals surface area (Å²) < 4.78 is 12.0. The van der Waals surface area contributed by atoms with Gasteiger partial charge in [-0.1, -0.05) is 65.7 Å². The van der Waals surface area contributed by atoms with Crippen LogP contribution in [-0.2, 0) is 27.4 Å². The Kier molecular flexibility index (Phi) is 11.3. The first-order valence-corrected chi connectivity index (χ1v) is 17.7. The summed E-state index contributed by atoms with van der Waals surface area (Å²) in [6, 6.07) is 19.1. The number of nitrogens with zero attached hydrogens (tertiary/aromatic N) is 3. The number of esters is 1. The number of nitrogens with one attached hydrogen (secondary N) is 3. The fourth-order valence-corrected chi connectivity index (χ4v) is 6.96. The second-order valence-electron chi connectivity index (χ2n) is 13.3. The van der Waals surface area contributed by atoms with Crippen molar-refractivity contribution in [3.63, 3.8) is 0 Å². The van der Waals surface area contributed by atoms with Crippen LogP contribution in [0.4, 0.5) is 0 Å². The highest BCUT2D eigenvalue weighted by molar-refractivity contribution is 6.39. The molecule has 1 atom stereocenters. The first kappa shape index (κ1) is 37.0. The third kappa shape index (κ3) is 7.83. The van der Waals surface area contributed by atoms with E-state index in [9.17, 15) is 14.4 Å². The van der Waals surface area contributed by atoms with Crippen molar-refractivity contribution in [3.8, 4) is 39.4 Å². The van der Waals surface area contributed by atoms with E-state index >= 15 is 0 Å². The minimum absolute atomic E-state index is 0.0886. The van der Waals surface area contributed by atoms with Crippen molar-refractivity contribution in [3.05, 3.63) is 105 Å². The van der Waals surface area contributed by atoms with Crippen LogP contribution in [0.25, 0.3) is 39.2 Å². The van der Waals surface area contributed by atoms with Crippen LogP contribution in [0.1, 0.15) is 37.8 Å². The summed E-state index contributed by atoms with van der Waals surface area (Å²) in [5.74, 6) is 0.238. The van der Waals surface area contributed by atoms with Gasteiger partial charge in [0.1, 0.15) is 5.65 Å². The molecule has 0 spiro atoms. The third-order valence-corrected chi connectivity index (χ3v) is 10.0. The third-order valence-electron chi connectivity index (χ3n) is 9.20. The molecular weight excluding hydrogens is 703 g/mol. The number of halogens is 2. The average Bonchev–Trinajstić information content (AvgIpc) is 3.57. The molecule has 4 heterocycles. The molecule has 2 aromatic carbocycles. The quantitative estimate of drug-likeness (QED) is 0.123. The molecule has 11 nitrogen and oxygen atoms in total. The zero-order valence-corrected chi connectivity index (χ0v) is 30.9. The van der Waals surface area contributed by atoms with E-state index in [4.69, 9.17) is 37.7 Å². The van der Waals surface area contributed by atoms with Crippen LogP contribution >= 0.6 is 23.2 Å². The molecule has 0 unspecified atom stereocenters. The molecular formula is C39H40Cl2N6O5. The maximum absolute atomic E-state index is 13.3. The van der Waals surface area contributed by atoms with Crippen LogP contribution in [0, 0.1) is 5.41 Å². The molecule has 13 heteroatoms. The molecule has 0 saturated carbocycles. The molecule has 1 saturated heterocycles. The summed E-state index contributed by atoms with van der Waals surface area (Å²) >= 11 is 14.2. The number of ether oxygens (including phenoxy) is 2. The lowest BCUT2D eigenvalue weighted by molar-refractivity contribution is -0.150. The van der Waals surface area contributed by atoms with E-state index < -0.39 is 5.41 Å². The van der Waals surface area contributed by atoms with E-state index in [1.165, 1.54) is 11.5 Å². The second kappa shape index (κ2) is 15.8. The maximum Gasteiger partial charge on any atom is 0.312 e. The molecule has 5 aromatic rings. The van der Waals surface area contributed by atoms with Crippen molar-refractivity contribution in [2.24, 2.45) is 5.41 Å². The Balaban J connectivity index is 1.22. The van der Waals surface area contributed by atoms with Crippen LogP contribution in [0.2, 0.25) is 10.0 Å². The molecule has 0 aliphatic carbocycles. The van der Waals surface area contributed by atoms with Gasteiger partial charge in [-0.05, 0) is 44.0 Å². The van der Waals surface area contributed by atoms with Gasteiger partial charge in [-0.3, -0.25) is 18.8 Å². The molecule has 1 fully saturated rings. The summed E-state index contributed by atoms with van der Waals surface area (Å²) in [5.41, 5.74) is 5.24. The van der Waals surface area contributed by atoms with Gasteiger partial charge < -0.3 is 25.4 Å². The van der Waals surface area contributed by atoms with E-state index in [0.717, 1.165) is 39.8 Å². The average molecular weight is 744 g/mol. The number of fused-ring (bicyclic) bond motifs is 1. The summed E-state index contributed by atoms with van der Waals surface area (Å²) in [5, 5.41) is 10.5. The predicted octanol–water partition coefficient (Wildman–Crippen LogP) is 6.06. The van der Waals surface area contributed by atoms with Gasteiger partial charge in [0.15, 0.2) is 0 Å². The number of hydrogen-bond acceptors (Lipinski definition) is 9. The van der Waals surface area contributed by atoms with Gasteiger partial charge in [0, 0.05) is 84.4 Å². The maximum atomic E-state index is 13.3. The number of carbonyl (C=O) groups excluding carboxylic acids is 2. The standard InChI is InChI=1S/C39H40Cl2N6O5/c1-39(2,38(50)52-4)22-43-19-25-20-44-32-17-23(15-16-47(32)37(25)49)27-7-5-8-28(34(27)40)29-9-6-10-30(35(29)41)31-13-11-24(36(46-31)51-3)18-42-21-26-12-14-33(48)45-26/h5-11,13,15-17,20,26,42-43H,12,14,18-19,21-22H2,1-4H3,(H,45,48)/t26-/m1/s1. The Morgan fingerprint density at radius 1 is 0.942 bits per heavy atom. The van der Waals surface area contributed by atoms with Crippen LogP contribution in [0.3, 0.4) is 0 Å². The van der Waals surface area contributed by atoms with Crippen LogP contribution < -0.4 is 26.2 Å². The largest absolute Gasteiger partial charge is 0.481 e. The van der Waals surface area contributed by atoms with Gasteiger partial charge in [0.05, 0.1) is 35.4 Å². The highest BCUT2D eigenvalue weighted by atomic mass is 35.5. The Labute approximate surface area is 311 Å². The molecule has 0 radical (unpaired) electrons. The minimum Gasteiger partial charge on any atom is -0.481 e. The first-order chi connectivity index (χ1) is 25.0. The van der Waals surface area contributed by atoms with E-state index in [0.29, 0.717) is 58.9 Å². The molecule has 3 N–H and O–H groups in total. The van der Waals surface area contributed by atoms with Gasteiger partial charge in [0.25, 0.3) is 5.56 Å². The Morgan fingerprint density at radius 2 is 1.63 bits per heavy atom. The highest BCUT2D eigenvalue weighted by Gasteiger charge is 2.28. The van der Waals surface area contributed by atoms with E-state index in [1.807, 2.05) is 60.7 Å². The number of aromatic nitrogens is 3. The van der Waals surface area contributed by atoms with Crippen molar-refractivity contribution < 1.29 is 19.1 Å². The predicted molar refractivity (Wildman–Crippen MR) is 203 cm³/mol. The number of rotatable bonds is 13. The van der Waals surface area contributed by atoms with Gasteiger partial charge in [0.2, 0.25) is 11.8 Å². The van der Waals surface area contributed by atoms with E-state index in [1.54, 1.807) is 33.4 Å². The minimum atomic E-state index is -0.741. The lowest BCUT2D eigenvalue weighted by Crippen LogP contribution is -2.37. The van der Waals surface area contributed by atoms with Crippen LogP contribution in [0.15, 0.2) is 77.9 Å². The molecule has 1 aliphatic heterocycles. The number of benzene rings is 2. The zero-order chi connectivity index (χ0) is 37.0. The van der Waals surface area contributed by atoms with Crippen molar-refractivity contribution in [2.75, 3.05) is 27.3 Å².